The highest BCUT2D eigenvalue weighted by atomic mass is 32.2. The van der Waals surface area contributed by atoms with Gasteiger partial charge in [-0.15, -0.1) is 11.3 Å². The molecule has 0 radical (unpaired) electrons. The molecule has 0 amide bonds. The van der Waals surface area contributed by atoms with Crippen molar-refractivity contribution >= 4 is 27.0 Å². The first-order valence-electron chi connectivity index (χ1n) is 6.63. The Morgan fingerprint density at radius 3 is 2.57 bits per heavy atom. The molecule has 0 bridgehead atoms. The third kappa shape index (κ3) is 3.61. The van der Waals surface area contributed by atoms with Crippen molar-refractivity contribution in [3.8, 4) is 0 Å². The molecule has 1 saturated carbocycles. The lowest BCUT2D eigenvalue weighted by molar-refractivity contribution is 0.598. The van der Waals surface area contributed by atoms with Gasteiger partial charge in [0.05, 0.1) is 0 Å². The van der Waals surface area contributed by atoms with E-state index in [1.807, 2.05) is 0 Å². The molecule has 1 heterocycles. The Hall–Kier alpha value is -1.44. The molecule has 1 fully saturated rings. The molecule has 1 aromatic heterocycles. The fourth-order valence-corrected chi connectivity index (χ4v) is 4.40. The standard InChI is InChI=1S/C14H15FN2O2S2/c15-10-1-3-12(4-2-10)17-21(18,19)14-7-8-20-13(14)9-16-11-5-6-11/h1-4,7-8,11,16-17H,5-6,9H2. The van der Waals surface area contributed by atoms with Crippen molar-refractivity contribution in [2.75, 3.05) is 4.72 Å². The number of benzene rings is 1. The summed E-state index contributed by atoms with van der Waals surface area (Å²) in [4.78, 5) is 1.07. The molecular formula is C14H15FN2O2S2. The molecule has 7 heteroatoms. The summed E-state index contributed by atoms with van der Waals surface area (Å²) in [5.74, 6) is -0.400. The number of rotatable bonds is 6. The minimum absolute atomic E-state index is 0.282. The Morgan fingerprint density at radius 1 is 1.19 bits per heavy atom. The van der Waals surface area contributed by atoms with Crippen molar-refractivity contribution in [2.45, 2.75) is 30.3 Å². The summed E-state index contributed by atoms with van der Waals surface area (Å²) in [7, 11) is -3.64. The van der Waals surface area contributed by atoms with E-state index in [1.54, 1.807) is 11.4 Å². The lowest BCUT2D eigenvalue weighted by Gasteiger charge is -2.09. The summed E-state index contributed by atoms with van der Waals surface area (Å²) < 4.78 is 40.1. The van der Waals surface area contributed by atoms with Gasteiger partial charge in [-0.2, -0.15) is 0 Å². The van der Waals surface area contributed by atoms with Crippen molar-refractivity contribution in [1.82, 2.24) is 5.32 Å². The van der Waals surface area contributed by atoms with Gasteiger partial charge >= 0.3 is 0 Å². The molecule has 1 aromatic carbocycles. The predicted octanol–water partition coefficient (Wildman–Crippen LogP) is 2.94. The largest absolute Gasteiger partial charge is 0.309 e. The molecule has 0 aliphatic heterocycles. The fraction of sp³-hybridized carbons (Fsp3) is 0.286. The van der Waals surface area contributed by atoms with E-state index in [9.17, 15) is 12.8 Å². The molecule has 3 rings (SSSR count). The zero-order chi connectivity index (χ0) is 14.9. The maximum absolute atomic E-state index is 12.9. The van der Waals surface area contributed by atoms with Crippen LogP contribution in [0.25, 0.3) is 0 Å². The quantitative estimate of drug-likeness (QED) is 0.858. The highest BCUT2D eigenvalue weighted by Crippen LogP contribution is 2.26. The van der Waals surface area contributed by atoms with Gasteiger partial charge in [0.25, 0.3) is 10.0 Å². The average Bonchev–Trinajstić information content (AvgIpc) is 3.14. The molecule has 2 N–H and O–H groups in total. The summed E-state index contributed by atoms with van der Waals surface area (Å²) in [6, 6.07) is 7.37. The van der Waals surface area contributed by atoms with Crippen molar-refractivity contribution in [3.63, 3.8) is 0 Å². The Labute approximate surface area is 127 Å². The van der Waals surface area contributed by atoms with E-state index in [2.05, 4.69) is 10.0 Å². The lowest BCUT2D eigenvalue weighted by atomic mass is 10.3. The Morgan fingerprint density at radius 2 is 1.90 bits per heavy atom. The van der Waals surface area contributed by atoms with Gasteiger partial charge < -0.3 is 5.32 Å². The van der Waals surface area contributed by atoms with Gasteiger partial charge in [0.1, 0.15) is 10.7 Å². The normalized spacial score (nSPS) is 15.1. The molecule has 112 valence electrons. The smallest absolute Gasteiger partial charge is 0.263 e. The van der Waals surface area contributed by atoms with E-state index in [4.69, 9.17) is 0 Å². The van der Waals surface area contributed by atoms with Crippen LogP contribution in [0.15, 0.2) is 40.6 Å². The second-order valence-electron chi connectivity index (χ2n) is 4.98. The maximum atomic E-state index is 12.9. The molecule has 1 aliphatic carbocycles. The van der Waals surface area contributed by atoms with Crippen LogP contribution in [0.1, 0.15) is 17.7 Å². The number of halogens is 1. The summed E-state index contributed by atoms with van der Waals surface area (Å²) in [5.41, 5.74) is 0.351. The van der Waals surface area contributed by atoms with Crippen LogP contribution < -0.4 is 10.0 Å². The summed E-state index contributed by atoms with van der Waals surface area (Å²) >= 11 is 1.42. The van der Waals surface area contributed by atoms with E-state index in [0.29, 0.717) is 18.3 Å². The molecule has 2 aromatic rings. The van der Waals surface area contributed by atoms with Gasteiger partial charge in [0, 0.05) is 23.2 Å². The predicted molar refractivity (Wildman–Crippen MR) is 81.4 cm³/mol. The zero-order valence-corrected chi connectivity index (χ0v) is 12.8. The van der Waals surface area contributed by atoms with E-state index in [1.165, 1.54) is 35.6 Å². The zero-order valence-electron chi connectivity index (χ0n) is 11.2. The highest BCUT2D eigenvalue weighted by molar-refractivity contribution is 7.93. The van der Waals surface area contributed by atoms with E-state index >= 15 is 0 Å². The van der Waals surface area contributed by atoms with Crippen LogP contribution in [0.5, 0.6) is 0 Å². The topological polar surface area (TPSA) is 58.2 Å². The molecule has 0 spiro atoms. The van der Waals surface area contributed by atoms with Gasteiger partial charge in [-0.3, -0.25) is 4.72 Å². The molecule has 1 aliphatic rings. The Kier molecular flexibility index (Phi) is 3.97. The van der Waals surface area contributed by atoms with Gasteiger partial charge in [-0.1, -0.05) is 0 Å². The van der Waals surface area contributed by atoms with E-state index < -0.39 is 15.8 Å². The van der Waals surface area contributed by atoms with E-state index in [0.717, 1.165) is 17.7 Å². The molecule has 0 saturated heterocycles. The molecular weight excluding hydrogens is 311 g/mol. The molecule has 4 nitrogen and oxygen atoms in total. The van der Waals surface area contributed by atoms with Gasteiger partial charge in [-0.25, -0.2) is 12.8 Å². The third-order valence-corrected chi connectivity index (χ3v) is 5.74. The Bertz CT molecular complexity index is 722. The molecule has 0 atom stereocenters. The van der Waals surface area contributed by atoms with E-state index in [-0.39, 0.29) is 4.90 Å². The number of anilines is 1. The first-order valence-corrected chi connectivity index (χ1v) is 8.99. The van der Waals surface area contributed by atoms with Crippen molar-refractivity contribution in [2.24, 2.45) is 0 Å². The monoisotopic (exact) mass is 326 g/mol. The second kappa shape index (κ2) is 5.75. The van der Waals surface area contributed by atoms with Crippen molar-refractivity contribution in [1.29, 1.82) is 0 Å². The summed E-state index contributed by atoms with van der Waals surface area (Å²) in [6.45, 7) is 0.558. The van der Waals surface area contributed by atoms with Crippen LogP contribution in [-0.4, -0.2) is 14.5 Å². The fourth-order valence-electron chi connectivity index (χ4n) is 1.95. The minimum atomic E-state index is -3.64. The Balaban J connectivity index is 1.77. The minimum Gasteiger partial charge on any atom is -0.309 e. The number of sulfonamides is 1. The number of hydrogen-bond acceptors (Lipinski definition) is 4. The maximum Gasteiger partial charge on any atom is 0.263 e. The number of hydrogen-bond donors (Lipinski definition) is 2. The first-order chi connectivity index (χ1) is 10.0. The highest BCUT2D eigenvalue weighted by Gasteiger charge is 2.24. The first kappa shape index (κ1) is 14.5. The van der Waals surface area contributed by atoms with Gasteiger partial charge in [0.15, 0.2) is 0 Å². The average molecular weight is 326 g/mol. The van der Waals surface area contributed by atoms with Crippen LogP contribution >= 0.6 is 11.3 Å². The molecule has 0 unspecified atom stereocenters. The second-order valence-corrected chi connectivity index (χ2v) is 7.63. The van der Waals surface area contributed by atoms with Crippen molar-refractivity contribution < 1.29 is 12.8 Å². The van der Waals surface area contributed by atoms with Crippen LogP contribution in [0, 0.1) is 5.82 Å². The summed E-state index contributed by atoms with van der Waals surface area (Å²) in [6.07, 6.45) is 2.31. The van der Waals surface area contributed by atoms with Crippen molar-refractivity contribution in [3.05, 3.63) is 46.4 Å². The van der Waals surface area contributed by atoms with Crippen LogP contribution in [-0.2, 0) is 16.6 Å². The van der Waals surface area contributed by atoms with Crippen LogP contribution in [0.3, 0.4) is 0 Å². The molecule has 21 heavy (non-hydrogen) atoms. The van der Waals surface area contributed by atoms with Gasteiger partial charge in [-0.05, 0) is 48.6 Å². The lowest BCUT2D eigenvalue weighted by Crippen LogP contribution is -2.18. The van der Waals surface area contributed by atoms with Crippen LogP contribution in [0.4, 0.5) is 10.1 Å². The number of thiophene rings is 1. The summed E-state index contributed by atoms with van der Waals surface area (Å²) in [5, 5.41) is 5.08. The van der Waals surface area contributed by atoms with Gasteiger partial charge in [0.2, 0.25) is 0 Å². The third-order valence-electron chi connectivity index (χ3n) is 3.22. The SMILES string of the molecule is O=S(=O)(Nc1ccc(F)cc1)c1ccsc1CNC1CC1. The van der Waals surface area contributed by atoms with Crippen LogP contribution in [0.2, 0.25) is 0 Å². The number of nitrogens with one attached hydrogen (secondary N) is 2.